The summed E-state index contributed by atoms with van der Waals surface area (Å²) in [6.07, 6.45) is 81.2. The number of hydrogen-bond donors (Lipinski definition) is 0. The molecular formula is C67H114O6. The molecular weight excluding hydrogens is 901 g/mol. The van der Waals surface area contributed by atoms with E-state index in [9.17, 15) is 14.4 Å². The van der Waals surface area contributed by atoms with Gasteiger partial charge in [0.05, 0.1) is 0 Å². The molecule has 0 aliphatic carbocycles. The third-order valence-electron chi connectivity index (χ3n) is 13.1. The van der Waals surface area contributed by atoms with Crippen LogP contribution in [0.3, 0.4) is 0 Å². The van der Waals surface area contributed by atoms with E-state index >= 15 is 0 Å². The quantitative estimate of drug-likeness (QED) is 0.0261. The third-order valence-corrected chi connectivity index (χ3v) is 13.1. The summed E-state index contributed by atoms with van der Waals surface area (Å²) in [6, 6.07) is 0. The van der Waals surface area contributed by atoms with Gasteiger partial charge < -0.3 is 14.2 Å². The number of carbonyl (C=O) groups is 3. The Morgan fingerprint density at radius 1 is 0.288 bits per heavy atom. The van der Waals surface area contributed by atoms with Gasteiger partial charge in [0.1, 0.15) is 13.2 Å². The lowest BCUT2D eigenvalue weighted by atomic mass is 10.1. The van der Waals surface area contributed by atoms with Crippen LogP contribution in [0, 0.1) is 0 Å². The lowest BCUT2D eigenvalue weighted by molar-refractivity contribution is -0.167. The highest BCUT2D eigenvalue weighted by molar-refractivity contribution is 5.71. The molecule has 1 unspecified atom stereocenters. The number of unbranched alkanes of at least 4 members (excludes halogenated alkanes) is 28. The van der Waals surface area contributed by atoms with Crippen LogP contribution in [0.2, 0.25) is 0 Å². The minimum absolute atomic E-state index is 0.0813. The molecule has 0 amide bonds. The van der Waals surface area contributed by atoms with Gasteiger partial charge in [0.25, 0.3) is 0 Å². The number of esters is 3. The SMILES string of the molecule is CC/C=C\C/C=C\C/C=C\C/C=C\C/C=C\C/C=C\CCCCCCCCCCC(=O)OCC(COC(=O)CCCCCCCCCCCC)OC(=O)CCCCCCCCC/C=C\C/C=C\CCCCCC. The molecule has 6 heteroatoms. The van der Waals surface area contributed by atoms with Crippen molar-refractivity contribution in [3.63, 3.8) is 0 Å². The molecule has 0 bridgehead atoms. The summed E-state index contributed by atoms with van der Waals surface area (Å²) in [7, 11) is 0. The first kappa shape index (κ1) is 69.3. The second-order valence-corrected chi connectivity index (χ2v) is 20.2. The van der Waals surface area contributed by atoms with Crippen molar-refractivity contribution in [3.8, 4) is 0 Å². The fourth-order valence-electron chi connectivity index (χ4n) is 8.48. The van der Waals surface area contributed by atoms with Crippen LogP contribution < -0.4 is 0 Å². The first-order valence-corrected chi connectivity index (χ1v) is 30.7. The predicted molar refractivity (Wildman–Crippen MR) is 316 cm³/mol. The van der Waals surface area contributed by atoms with Crippen LogP contribution in [-0.4, -0.2) is 37.2 Å². The smallest absolute Gasteiger partial charge is 0.306 e. The van der Waals surface area contributed by atoms with E-state index in [-0.39, 0.29) is 31.1 Å². The van der Waals surface area contributed by atoms with Crippen LogP contribution in [-0.2, 0) is 28.6 Å². The zero-order valence-electron chi connectivity index (χ0n) is 47.9. The first-order valence-electron chi connectivity index (χ1n) is 30.7. The van der Waals surface area contributed by atoms with E-state index in [2.05, 4.69) is 118 Å². The minimum atomic E-state index is -0.784. The van der Waals surface area contributed by atoms with E-state index in [4.69, 9.17) is 14.2 Å². The number of hydrogen-bond acceptors (Lipinski definition) is 6. The molecule has 6 nitrogen and oxygen atoms in total. The Bertz CT molecular complexity index is 1440. The molecule has 0 rings (SSSR count). The predicted octanol–water partition coefficient (Wildman–Crippen LogP) is 20.9. The number of carbonyl (C=O) groups excluding carboxylic acids is 3. The molecule has 0 aliphatic heterocycles. The molecule has 0 aromatic heterocycles. The fraction of sp³-hybridized carbons (Fsp3) is 0.716. The van der Waals surface area contributed by atoms with Crippen molar-refractivity contribution in [2.75, 3.05) is 13.2 Å². The highest BCUT2D eigenvalue weighted by atomic mass is 16.6. The Kier molecular flexibility index (Phi) is 57.8. The van der Waals surface area contributed by atoms with Gasteiger partial charge in [-0.25, -0.2) is 0 Å². The molecule has 0 fully saturated rings. The maximum Gasteiger partial charge on any atom is 0.306 e. The average molecular weight is 1020 g/mol. The standard InChI is InChI=1S/C67H114O6/c1-4-7-10-13-16-19-22-24-26-28-30-31-32-33-34-35-36-37-38-40-41-43-45-48-51-54-57-60-66(69)72-63-64(62-71-65(68)59-56-53-50-47-21-18-15-12-9-6-3)73-67(70)61-58-55-52-49-46-44-42-39-29-27-25-23-20-17-14-11-8-5-2/h7,10,16,19-20,23-24,26-27,29-31,33-34,36-37,64H,4-6,8-9,11-15,17-18,21-22,25,28,32,35,38-63H2,1-3H3/b10-7-,19-16-,23-20-,26-24-,29-27-,31-30-,34-33-,37-36-. The highest BCUT2D eigenvalue weighted by Crippen LogP contribution is 2.15. The molecule has 73 heavy (non-hydrogen) atoms. The summed E-state index contributed by atoms with van der Waals surface area (Å²) >= 11 is 0. The molecule has 0 heterocycles. The Balaban J connectivity index is 4.29. The van der Waals surface area contributed by atoms with E-state index in [0.717, 1.165) is 116 Å². The van der Waals surface area contributed by atoms with Crippen molar-refractivity contribution >= 4 is 17.9 Å². The molecule has 0 saturated carbocycles. The lowest BCUT2D eigenvalue weighted by Gasteiger charge is -2.18. The normalized spacial score (nSPS) is 12.8. The molecule has 0 aromatic carbocycles. The molecule has 0 N–H and O–H groups in total. The first-order chi connectivity index (χ1) is 36.0. The van der Waals surface area contributed by atoms with Crippen molar-refractivity contribution in [2.45, 2.75) is 297 Å². The van der Waals surface area contributed by atoms with Crippen molar-refractivity contribution in [3.05, 3.63) is 97.2 Å². The third kappa shape index (κ3) is 59.1. The Labute approximate surface area is 451 Å². The van der Waals surface area contributed by atoms with Crippen LogP contribution >= 0.6 is 0 Å². The summed E-state index contributed by atoms with van der Waals surface area (Å²) in [4.78, 5) is 38.2. The molecule has 0 saturated heterocycles. The largest absolute Gasteiger partial charge is 0.462 e. The number of ether oxygens (including phenoxy) is 3. The highest BCUT2D eigenvalue weighted by Gasteiger charge is 2.19. The van der Waals surface area contributed by atoms with Crippen LogP contribution in [0.25, 0.3) is 0 Å². The van der Waals surface area contributed by atoms with E-state index in [1.54, 1.807) is 0 Å². The second-order valence-electron chi connectivity index (χ2n) is 20.2. The van der Waals surface area contributed by atoms with Gasteiger partial charge in [-0.2, -0.15) is 0 Å². The van der Waals surface area contributed by atoms with Gasteiger partial charge in [-0.1, -0.05) is 266 Å². The van der Waals surface area contributed by atoms with Crippen molar-refractivity contribution < 1.29 is 28.6 Å². The van der Waals surface area contributed by atoms with Crippen molar-refractivity contribution in [1.82, 2.24) is 0 Å². The van der Waals surface area contributed by atoms with Gasteiger partial charge in [0.2, 0.25) is 0 Å². The summed E-state index contributed by atoms with van der Waals surface area (Å²) < 4.78 is 16.9. The summed E-state index contributed by atoms with van der Waals surface area (Å²) in [6.45, 7) is 6.50. The second kappa shape index (κ2) is 60.9. The summed E-state index contributed by atoms with van der Waals surface area (Å²) in [5, 5.41) is 0. The van der Waals surface area contributed by atoms with Gasteiger partial charge in [-0.05, 0) is 103 Å². The maximum atomic E-state index is 12.9. The van der Waals surface area contributed by atoms with E-state index in [1.165, 1.54) is 135 Å². The monoisotopic (exact) mass is 1010 g/mol. The Morgan fingerprint density at radius 2 is 0.534 bits per heavy atom. The number of rotatable bonds is 55. The summed E-state index contributed by atoms with van der Waals surface area (Å²) in [5.74, 6) is -0.893. The zero-order chi connectivity index (χ0) is 52.9. The molecule has 0 radical (unpaired) electrons. The van der Waals surface area contributed by atoms with E-state index in [1.807, 2.05) is 0 Å². The molecule has 0 aliphatic rings. The van der Waals surface area contributed by atoms with E-state index < -0.39 is 6.10 Å². The topological polar surface area (TPSA) is 78.9 Å². The fourth-order valence-corrected chi connectivity index (χ4v) is 8.48. The van der Waals surface area contributed by atoms with Crippen LogP contribution in [0.5, 0.6) is 0 Å². The average Bonchev–Trinajstić information content (AvgIpc) is 3.39. The minimum Gasteiger partial charge on any atom is -0.462 e. The van der Waals surface area contributed by atoms with Gasteiger partial charge in [-0.15, -0.1) is 0 Å². The van der Waals surface area contributed by atoms with Gasteiger partial charge in [-0.3, -0.25) is 14.4 Å². The summed E-state index contributed by atoms with van der Waals surface area (Å²) in [5.41, 5.74) is 0. The zero-order valence-corrected chi connectivity index (χ0v) is 47.9. The molecule has 418 valence electrons. The van der Waals surface area contributed by atoms with Gasteiger partial charge in [0.15, 0.2) is 6.10 Å². The van der Waals surface area contributed by atoms with Crippen LogP contribution in [0.1, 0.15) is 290 Å². The number of allylic oxidation sites excluding steroid dienone is 16. The Morgan fingerprint density at radius 3 is 0.849 bits per heavy atom. The molecule has 0 aromatic rings. The van der Waals surface area contributed by atoms with Crippen molar-refractivity contribution in [1.29, 1.82) is 0 Å². The van der Waals surface area contributed by atoms with Crippen LogP contribution in [0.15, 0.2) is 97.2 Å². The molecule has 1 atom stereocenters. The van der Waals surface area contributed by atoms with E-state index in [0.29, 0.717) is 19.3 Å². The lowest BCUT2D eigenvalue weighted by Crippen LogP contribution is -2.30. The van der Waals surface area contributed by atoms with Gasteiger partial charge in [0, 0.05) is 19.3 Å². The maximum absolute atomic E-state index is 12.9. The van der Waals surface area contributed by atoms with Crippen LogP contribution in [0.4, 0.5) is 0 Å². The molecule has 0 spiro atoms. The van der Waals surface area contributed by atoms with Crippen molar-refractivity contribution in [2.24, 2.45) is 0 Å². The van der Waals surface area contributed by atoms with Gasteiger partial charge >= 0.3 is 17.9 Å². The Hall–Kier alpha value is -3.67.